The summed E-state index contributed by atoms with van der Waals surface area (Å²) in [5.41, 5.74) is 0. The molecule has 0 saturated heterocycles. The van der Waals surface area contributed by atoms with E-state index in [0.29, 0.717) is 6.54 Å². The molecule has 0 rings (SSSR count). The van der Waals surface area contributed by atoms with Crippen LogP contribution in [0, 0.1) is 0 Å². The number of rotatable bonds is 8. The quantitative estimate of drug-likeness (QED) is 0.617. The lowest BCUT2D eigenvalue weighted by molar-refractivity contribution is -0.145. The average molecular weight is 229 g/mol. The van der Waals surface area contributed by atoms with Crippen LogP contribution in [0.4, 0.5) is 13.2 Å². The molecule has 0 saturated carbocycles. The molecule has 6 heteroatoms. The Bertz CT molecular complexity index is 153. The second-order valence-corrected chi connectivity index (χ2v) is 3.27. The minimum atomic E-state index is -4.18. The van der Waals surface area contributed by atoms with Gasteiger partial charge in [-0.05, 0) is 13.0 Å². The lowest BCUT2D eigenvalue weighted by Gasteiger charge is -2.16. The molecule has 0 fully saturated rings. The standard InChI is InChI=1S/C9H18F3NO2/c1-2-4-13-8(6-14)7-15-5-3-9(10,11)12/h8,13-14H,2-7H2,1H3. The van der Waals surface area contributed by atoms with Crippen molar-refractivity contribution in [2.45, 2.75) is 32.0 Å². The summed E-state index contributed by atoms with van der Waals surface area (Å²) in [5, 5.41) is 11.8. The second kappa shape index (κ2) is 7.90. The lowest BCUT2D eigenvalue weighted by atomic mass is 10.3. The van der Waals surface area contributed by atoms with Crippen LogP contribution in [-0.4, -0.2) is 43.7 Å². The highest BCUT2D eigenvalue weighted by Gasteiger charge is 2.26. The summed E-state index contributed by atoms with van der Waals surface area (Å²) in [7, 11) is 0. The largest absolute Gasteiger partial charge is 0.395 e. The van der Waals surface area contributed by atoms with Gasteiger partial charge in [0.05, 0.1) is 32.3 Å². The number of halogens is 3. The van der Waals surface area contributed by atoms with Crippen molar-refractivity contribution >= 4 is 0 Å². The van der Waals surface area contributed by atoms with Crippen molar-refractivity contribution in [3.05, 3.63) is 0 Å². The fourth-order valence-corrected chi connectivity index (χ4v) is 0.938. The number of hydrogen-bond acceptors (Lipinski definition) is 3. The Morgan fingerprint density at radius 3 is 2.53 bits per heavy atom. The lowest BCUT2D eigenvalue weighted by Crippen LogP contribution is -2.37. The molecule has 15 heavy (non-hydrogen) atoms. The number of hydrogen-bond donors (Lipinski definition) is 2. The van der Waals surface area contributed by atoms with Gasteiger partial charge in [-0.25, -0.2) is 0 Å². The van der Waals surface area contributed by atoms with Crippen LogP contribution < -0.4 is 5.32 Å². The average Bonchev–Trinajstić information content (AvgIpc) is 2.15. The number of aliphatic hydroxyl groups is 1. The third kappa shape index (κ3) is 9.96. The molecule has 92 valence electrons. The summed E-state index contributed by atoms with van der Waals surface area (Å²) in [6, 6.07) is -0.279. The molecule has 1 unspecified atom stereocenters. The van der Waals surface area contributed by atoms with E-state index in [1.807, 2.05) is 6.92 Å². The molecule has 0 aliphatic carbocycles. The SMILES string of the molecule is CCCNC(CO)COCCC(F)(F)F. The summed E-state index contributed by atoms with van der Waals surface area (Å²) in [5.74, 6) is 0. The first-order valence-electron chi connectivity index (χ1n) is 4.98. The highest BCUT2D eigenvalue weighted by molar-refractivity contribution is 4.63. The van der Waals surface area contributed by atoms with E-state index in [1.54, 1.807) is 0 Å². The Kier molecular flexibility index (Phi) is 7.72. The van der Waals surface area contributed by atoms with Crippen molar-refractivity contribution in [2.75, 3.05) is 26.4 Å². The van der Waals surface area contributed by atoms with Gasteiger partial charge in [-0.2, -0.15) is 13.2 Å². The predicted molar refractivity (Wildman–Crippen MR) is 50.7 cm³/mol. The Hall–Kier alpha value is -0.330. The topological polar surface area (TPSA) is 41.5 Å². The van der Waals surface area contributed by atoms with Crippen LogP contribution in [0.2, 0.25) is 0 Å². The molecular weight excluding hydrogens is 211 g/mol. The van der Waals surface area contributed by atoms with Gasteiger partial charge in [0.15, 0.2) is 0 Å². The van der Waals surface area contributed by atoms with E-state index < -0.39 is 12.6 Å². The van der Waals surface area contributed by atoms with Gasteiger partial charge >= 0.3 is 6.18 Å². The molecule has 0 bridgehead atoms. The van der Waals surface area contributed by atoms with Gasteiger partial charge in [-0.1, -0.05) is 6.92 Å². The van der Waals surface area contributed by atoms with Gasteiger partial charge in [-0.15, -0.1) is 0 Å². The Balaban J connectivity index is 3.46. The van der Waals surface area contributed by atoms with Crippen molar-refractivity contribution in [1.82, 2.24) is 5.32 Å². The summed E-state index contributed by atoms with van der Waals surface area (Å²) in [4.78, 5) is 0. The van der Waals surface area contributed by atoms with E-state index in [9.17, 15) is 13.2 Å². The molecule has 0 spiro atoms. The van der Waals surface area contributed by atoms with Crippen molar-refractivity contribution < 1.29 is 23.0 Å². The van der Waals surface area contributed by atoms with Crippen molar-refractivity contribution in [3.8, 4) is 0 Å². The van der Waals surface area contributed by atoms with Crippen LogP contribution in [0.1, 0.15) is 19.8 Å². The highest BCUT2D eigenvalue weighted by Crippen LogP contribution is 2.18. The summed E-state index contributed by atoms with van der Waals surface area (Å²) in [6.07, 6.45) is -4.22. The zero-order chi connectivity index (χ0) is 11.7. The fourth-order valence-electron chi connectivity index (χ4n) is 0.938. The number of aliphatic hydroxyl groups excluding tert-OH is 1. The molecular formula is C9H18F3NO2. The highest BCUT2D eigenvalue weighted by atomic mass is 19.4. The van der Waals surface area contributed by atoms with E-state index in [1.165, 1.54) is 0 Å². The van der Waals surface area contributed by atoms with Crippen molar-refractivity contribution in [2.24, 2.45) is 0 Å². The molecule has 0 aliphatic heterocycles. The van der Waals surface area contributed by atoms with Crippen LogP contribution in [-0.2, 0) is 4.74 Å². The number of ether oxygens (including phenoxy) is 1. The summed E-state index contributed by atoms with van der Waals surface area (Å²) >= 11 is 0. The smallest absolute Gasteiger partial charge is 0.391 e. The second-order valence-electron chi connectivity index (χ2n) is 3.27. The zero-order valence-electron chi connectivity index (χ0n) is 8.81. The number of nitrogens with one attached hydrogen (secondary N) is 1. The third-order valence-corrected chi connectivity index (χ3v) is 1.75. The van der Waals surface area contributed by atoms with E-state index in [0.717, 1.165) is 6.42 Å². The minimum Gasteiger partial charge on any atom is -0.395 e. The molecule has 2 N–H and O–H groups in total. The molecule has 0 radical (unpaired) electrons. The predicted octanol–water partition coefficient (Wildman–Crippen LogP) is 1.32. The van der Waals surface area contributed by atoms with Crippen molar-refractivity contribution in [1.29, 1.82) is 0 Å². The molecule has 0 aromatic heterocycles. The van der Waals surface area contributed by atoms with E-state index >= 15 is 0 Å². The summed E-state index contributed by atoms with van der Waals surface area (Å²) < 4.78 is 40.0. The Morgan fingerprint density at radius 1 is 1.40 bits per heavy atom. The van der Waals surface area contributed by atoms with E-state index in [-0.39, 0.29) is 25.9 Å². The van der Waals surface area contributed by atoms with Crippen LogP contribution in [0.3, 0.4) is 0 Å². The molecule has 3 nitrogen and oxygen atoms in total. The first-order chi connectivity index (χ1) is 6.99. The van der Waals surface area contributed by atoms with Crippen molar-refractivity contribution in [3.63, 3.8) is 0 Å². The first kappa shape index (κ1) is 14.7. The minimum absolute atomic E-state index is 0.104. The van der Waals surface area contributed by atoms with Gasteiger partial charge in [0, 0.05) is 0 Å². The van der Waals surface area contributed by atoms with Crippen LogP contribution in [0.15, 0.2) is 0 Å². The van der Waals surface area contributed by atoms with Crippen LogP contribution in [0.5, 0.6) is 0 Å². The van der Waals surface area contributed by atoms with E-state index in [4.69, 9.17) is 9.84 Å². The molecule has 0 heterocycles. The Labute approximate surface area is 87.6 Å². The van der Waals surface area contributed by atoms with Gasteiger partial charge in [0.1, 0.15) is 0 Å². The molecule has 0 aromatic rings. The summed E-state index contributed by atoms with van der Waals surface area (Å²) in [6.45, 7) is 2.30. The maximum Gasteiger partial charge on any atom is 0.391 e. The maximum atomic E-state index is 11.7. The Morgan fingerprint density at radius 2 is 2.07 bits per heavy atom. The first-order valence-corrected chi connectivity index (χ1v) is 4.98. The molecule has 0 aliphatic rings. The molecule has 1 atom stereocenters. The zero-order valence-corrected chi connectivity index (χ0v) is 8.81. The van der Waals surface area contributed by atoms with Gasteiger partial charge in [0.25, 0.3) is 0 Å². The fraction of sp³-hybridized carbons (Fsp3) is 1.00. The molecule has 0 amide bonds. The third-order valence-electron chi connectivity index (χ3n) is 1.75. The molecule has 0 aromatic carbocycles. The van der Waals surface area contributed by atoms with Gasteiger partial charge in [0.2, 0.25) is 0 Å². The monoisotopic (exact) mass is 229 g/mol. The number of alkyl halides is 3. The van der Waals surface area contributed by atoms with E-state index in [2.05, 4.69) is 5.32 Å². The van der Waals surface area contributed by atoms with Crippen LogP contribution in [0.25, 0.3) is 0 Å². The van der Waals surface area contributed by atoms with Crippen LogP contribution >= 0.6 is 0 Å². The van der Waals surface area contributed by atoms with Gasteiger partial charge < -0.3 is 15.2 Å². The van der Waals surface area contributed by atoms with Gasteiger partial charge in [-0.3, -0.25) is 0 Å². The normalized spacial score (nSPS) is 14.2. The maximum absolute atomic E-state index is 11.7.